The number of rotatable bonds is 5. The van der Waals surface area contributed by atoms with Crippen molar-refractivity contribution in [2.24, 2.45) is 0 Å². The zero-order valence-corrected chi connectivity index (χ0v) is 10.6. The van der Waals surface area contributed by atoms with Gasteiger partial charge in [0, 0.05) is 18.3 Å². The predicted octanol–water partition coefficient (Wildman–Crippen LogP) is 3.32. The van der Waals surface area contributed by atoms with E-state index in [1.165, 1.54) is 36.5 Å². The molecule has 0 amide bonds. The Morgan fingerprint density at radius 1 is 1.35 bits per heavy atom. The average molecular weight is 278 g/mol. The molecule has 6 nitrogen and oxygen atoms in total. The highest BCUT2D eigenvalue weighted by atomic mass is 19.1. The summed E-state index contributed by atoms with van der Waals surface area (Å²) >= 11 is 0. The Hall–Kier alpha value is -2.70. The Balaban J connectivity index is 2.32. The van der Waals surface area contributed by atoms with Crippen LogP contribution in [0.5, 0.6) is 17.2 Å². The summed E-state index contributed by atoms with van der Waals surface area (Å²) in [5.41, 5.74) is -0.175. The molecule has 0 bridgehead atoms. The molecule has 0 N–H and O–H groups in total. The molecule has 20 heavy (non-hydrogen) atoms. The van der Waals surface area contributed by atoms with Crippen LogP contribution < -0.4 is 9.47 Å². The summed E-state index contributed by atoms with van der Waals surface area (Å²) in [5, 5.41) is 10.8. The van der Waals surface area contributed by atoms with Gasteiger partial charge in [-0.05, 0) is 25.1 Å². The van der Waals surface area contributed by atoms with Crippen LogP contribution in [0.1, 0.15) is 6.92 Å². The number of aromatic nitrogens is 1. The molecule has 1 aromatic carbocycles. The van der Waals surface area contributed by atoms with Crippen LogP contribution in [-0.4, -0.2) is 16.5 Å². The summed E-state index contributed by atoms with van der Waals surface area (Å²) in [7, 11) is 0. The Labute approximate surface area is 113 Å². The summed E-state index contributed by atoms with van der Waals surface area (Å²) in [6.07, 6.45) is 1.30. The lowest BCUT2D eigenvalue weighted by atomic mass is 10.3. The van der Waals surface area contributed by atoms with Crippen molar-refractivity contribution in [3.8, 4) is 17.2 Å². The topological polar surface area (TPSA) is 74.5 Å². The highest BCUT2D eigenvalue weighted by molar-refractivity contribution is 5.51. The van der Waals surface area contributed by atoms with Crippen LogP contribution in [0.3, 0.4) is 0 Å². The number of nitro groups is 1. The van der Waals surface area contributed by atoms with E-state index < -0.39 is 10.9 Å². The summed E-state index contributed by atoms with van der Waals surface area (Å²) in [5.74, 6) is -0.530. The number of pyridine rings is 1. The van der Waals surface area contributed by atoms with Crippen molar-refractivity contribution >= 4 is 5.69 Å². The minimum absolute atomic E-state index is 0.0659. The van der Waals surface area contributed by atoms with Gasteiger partial charge in [-0.1, -0.05) is 0 Å². The Bertz CT molecular complexity index is 634. The summed E-state index contributed by atoms with van der Waals surface area (Å²) in [6.45, 7) is 1.98. The lowest BCUT2D eigenvalue weighted by Gasteiger charge is -2.08. The van der Waals surface area contributed by atoms with Crippen LogP contribution in [0.2, 0.25) is 0 Å². The van der Waals surface area contributed by atoms with Gasteiger partial charge in [0.2, 0.25) is 5.75 Å². The van der Waals surface area contributed by atoms with E-state index in [2.05, 4.69) is 4.98 Å². The van der Waals surface area contributed by atoms with Gasteiger partial charge >= 0.3 is 5.69 Å². The molecule has 1 heterocycles. The van der Waals surface area contributed by atoms with Crippen LogP contribution in [0, 0.1) is 16.1 Å². The number of ether oxygens (including phenoxy) is 2. The van der Waals surface area contributed by atoms with E-state index in [0.29, 0.717) is 0 Å². The number of nitrogens with zero attached hydrogens (tertiary/aromatic N) is 2. The van der Waals surface area contributed by atoms with Crippen molar-refractivity contribution in [3.05, 3.63) is 52.6 Å². The number of benzene rings is 1. The van der Waals surface area contributed by atoms with Crippen LogP contribution in [0.25, 0.3) is 0 Å². The van der Waals surface area contributed by atoms with E-state index in [1.807, 2.05) is 0 Å². The second-order valence-electron chi connectivity index (χ2n) is 3.71. The van der Waals surface area contributed by atoms with E-state index in [9.17, 15) is 14.5 Å². The standard InChI is InChI=1S/C13H11FN2O4/c1-2-19-12-8-9(5-6-10(12)16(17)18)20-11-4-3-7-15-13(11)14/h3-8H,2H2,1H3. The lowest BCUT2D eigenvalue weighted by molar-refractivity contribution is -0.385. The largest absolute Gasteiger partial charge is 0.487 e. The van der Waals surface area contributed by atoms with Gasteiger partial charge < -0.3 is 9.47 Å². The van der Waals surface area contributed by atoms with E-state index >= 15 is 0 Å². The van der Waals surface area contributed by atoms with Gasteiger partial charge in [-0.3, -0.25) is 10.1 Å². The maximum Gasteiger partial charge on any atom is 0.311 e. The van der Waals surface area contributed by atoms with Crippen LogP contribution in [-0.2, 0) is 0 Å². The third-order valence-electron chi connectivity index (χ3n) is 2.38. The molecule has 0 radical (unpaired) electrons. The van der Waals surface area contributed by atoms with E-state index in [1.54, 1.807) is 6.92 Å². The maximum absolute atomic E-state index is 13.4. The fraction of sp³-hybridized carbons (Fsp3) is 0.154. The molecular formula is C13H11FN2O4. The molecule has 0 saturated heterocycles. The molecule has 1 aromatic heterocycles. The van der Waals surface area contributed by atoms with Gasteiger partial charge in [-0.25, -0.2) is 4.98 Å². The third-order valence-corrected chi connectivity index (χ3v) is 2.38. The highest BCUT2D eigenvalue weighted by Crippen LogP contribution is 2.33. The Morgan fingerprint density at radius 3 is 2.80 bits per heavy atom. The van der Waals surface area contributed by atoms with Crippen molar-refractivity contribution in [1.82, 2.24) is 4.98 Å². The van der Waals surface area contributed by atoms with Gasteiger partial charge in [0.1, 0.15) is 5.75 Å². The van der Waals surface area contributed by atoms with Crippen LogP contribution in [0.4, 0.5) is 10.1 Å². The van der Waals surface area contributed by atoms with Crippen molar-refractivity contribution in [2.75, 3.05) is 6.61 Å². The zero-order chi connectivity index (χ0) is 14.5. The SMILES string of the molecule is CCOc1cc(Oc2cccnc2F)ccc1[N+](=O)[O-]. The molecule has 0 aliphatic carbocycles. The molecule has 2 aromatic rings. The van der Waals surface area contributed by atoms with Crippen molar-refractivity contribution in [2.45, 2.75) is 6.92 Å². The first kappa shape index (κ1) is 13.7. The molecule has 0 aliphatic heterocycles. The first-order valence-electron chi connectivity index (χ1n) is 5.81. The normalized spacial score (nSPS) is 10.1. The first-order valence-corrected chi connectivity index (χ1v) is 5.81. The predicted molar refractivity (Wildman–Crippen MR) is 68.5 cm³/mol. The average Bonchev–Trinajstić information content (AvgIpc) is 2.42. The van der Waals surface area contributed by atoms with Gasteiger partial charge in [0.05, 0.1) is 11.5 Å². The minimum atomic E-state index is -0.760. The lowest BCUT2D eigenvalue weighted by Crippen LogP contribution is -1.98. The Morgan fingerprint density at radius 2 is 2.15 bits per heavy atom. The van der Waals surface area contributed by atoms with Crippen molar-refractivity contribution < 1.29 is 18.8 Å². The van der Waals surface area contributed by atoms with Gasteiger partial charge in [-0.15, -0.1) is 0 Å². The number of nitro benzene ring substituents is 1. The monoisotopic (exact) mass is 278 g/mol. The van der Waals surface area contributed by atoms with Crippen LogP contribution in [0.15, 0.2) is 36.5 Å². The molecule has 0 fully saturated rings. The minimum Gasteiger partial charge on any atom is -0.487 e. The van der Waals surface area contributed by atoms with Gasteiger partial charge in [0.15, 0.2) is 5.75 Å². The van der Waals surface area contributed by atoms with E-state index in [0.717, 1.165) is 0 Å². The molecule has 0 atom stereocenters. The number of hydrogen-bond acceptors (Lipinski definition) is 5. The van der Waals surface area contributed by atoms with Gasteiger partial charge in [0.25, 0.3) is 5.95 Å². The first-order chi connectivity index (χ1) is 9.61. The fourth-order valence-corrected chi connectivity index (χ4v) is 1.55. The second-order valence-corrected chi connectivity index (χ2v) is 3.71. The Kier molecular flexibility index (Phi) is 4.09. The van der Waals surface area contributed by atoms with E-state index in [4.69, 9.17) is 9.47 Å². The molecule has 0 aliphatic rings. The van der Waals surface area contributed by atoms with Gasteiger partial charge in [-0.2, -0.15) is 4.39 Å². The molecule has 0 spiro atoms. The number of halogens is 1. The summed E-state index contributed by atoms with van der Waals surface area (Å²) in [4.78, 5) is 13.7. The molecule has 2 rings (SSSR count). The molecule has 0 unspecified atom stereocenters. The molecule has 7 heteroatoms. The molecule has 0 saturated carbocycles. The maximum atomic E-state index is 13.4. The quantitative estimate of drug-likeness (QED) is 0.476. The molecule has 104 valence electrons. The number of hydrogen-bond donors (Lipinski definition) is 0. The molecular weight excluding hydrogens is 267 g/mol. The van der Waals surface area contributed by atoms with Crippen molar-refractivity contribution in [1.29, 1.82) is 0 Å². The third kappa shape index (κ3) is 3.00. The second kappa shape index (κ2) is 5.96. The summed E-state index contributed by atoms with van der Waals surface area (Å²) < 4.78 is 23.8. The zero-order valence-electron chi connectivity index (χ0n) is 10.6. The smallest absolute Gasteiger partial charge is 0.311 e. The summed E-state index contributed by atoms with van der Waals surface area (Å²) in [6, 6.07) is 6.88. The fourth-order valence-electron chi connectivity index (χ4n) is 1.55. The van der Waals surface area contributed by atoms with Crippen molar-refractivity contribution in [3.63, 3.8) is 0 Å². The highest BCUT2D eigenvalue weighted by Gasteiger charge is 2.16. The van der Waals surface area contributed by atoms with Crippen LogP contribution >= 0.6 is 0 Å². The van der Waals surface area contributed by atoms with E-state index in [-0.39, 0.29) is 29.5 Å².